The van der Waals surface area contributed by atoms with Crippen LogP contribution in [0, 0.1) is 6.92 Å². The Kier molecular flexibility index (Phi) is 4.74. The molecule has 0 spiro atoms. The van der Waals surface area contributed by atoms with Crippen LogP contribution in [0.1, 0.15) is 42.0 Å². The summed E-state index contributed by atoms with van der Waals surface area (Å²) in [4.78, 5) is 6.88. The van der Waals surface area contributed by atoms with Crippen LogP contribution in [0.2, 0.25) is 0 Å². The number of benzene rings is 1. The summed E-state index contributed by atoms with van der Waals surface area (Å²) in [6.45, 7) is 4.26. The molecule has 0 N–H and O–H groups in total. The summed E-state index contributed by atoms with van der Waals surface area (Å²) >= 11 is 0. The standard InChI is InChI=1S/C19H24N2O/c1-15-12-16(8-9-19(15)22-2)14-21-11-4-3-7-18(21)17-6-5-10-20-13-17/h5-6,8-10,12-13,18H,3-4,7,11,14H2,1-2H3/t18-/m1/s1. The molecule has 1 aromatic carbocycles. The van der Waals surface area contributed by atoms with Crippen LogP contribution in [0.5, 0.6) is 5.75 Å². The van der Waals surface area contributed by atoms with Crippen molar-refractivity contribution in [2.45, 2.75) is 38.8 Å². The number of rotatable bonds is 4. The number of aromatic nitrogens is 1. The molecule has 0 radical (unpaired) electrons. The van der Waals surface area contributed by atoms with E-state index in [9.17, 15) is 0 Å². The maximum atomic E-state index is 5.36. The van der Waals surface area contributed by atoms with Crippen LogP contribution in [-0.2, 0) is 6.54 Å². The van der Waals surface area contributed by atoms with Crippen molar-refractivity contribution in [1.82, 2.24) is 9.88 Å². The molecule has 0 amide bonds. The zero-order valence-electron chi connectivity index (χ0n) is 13.5. The highest BCUT2D eigenvalue weighted by Gasteiger charge is 2.24. The van der Waals surface area contributed by atoms with E-state index < -0.39 is 0 Å². The summed E-state index contributed by atoms with van der Waals surface area (Å²) in [5, 5.41) is 0. The lowest BCUT2D eigenvalue weighted by Gasteiger charge is -2.36. The van der Waals surface area contributed by atoms with Crippen LogP contribution in [0.25, 0.3) is 0 Å². The Hall–Kier alpha value is -1.87. The molecular weight excluding hydrogens is 272 g/mol. The van der Waals surface area contributed by atoms with E-state index in [1.54, 1.807) is 7.11 Å². The summed E-state index contributed by atoms with van der Waals surface area (Å²) < 4.78 is 5.36. The highest BCUT2D eigenvalue weighted by atomic mass is 16.5. The number of nitrogens with zero attached hydrogens (tertiary/aromatic N) is 2. The first-order chi connectivity index (χ1) is 10.8. The lowest BCUT2D eigenvalue weighted by atomic mass is 9.95. The van der Waals surface area contributed by atoms with Crippen LogP contribution in [0.4, 0.5) is 0 Å². The topological polar surface area (TPSA) is 25.4 Å². The molecule has 2 heterocycles. The molecule has 0 bridgehead atoms. The van der Waals surface area contributed by atoms with Crippen molar-refractivity contribution in [3.8, 4) is 5.75 Å². The molecule has 0 unspecified atom stereocenters. The van der Waals surface area contributed by atoms with Crippen molar-refractivity contribution in [2.24, 2.45) is 0 Å². The number of likely N-dealkylation sites (tertiary alicyclic amines) is 1. The SMILES string of the molecule is COc1ccc(CN2CCCC[C@@H]2c2cccnc2)cc1C. The lowest BCUT2D eigenvalue weighted by molar-refractivity contribution is 0.140. The largest absolute Gasteiger partial charge is 0.496 e. The predicted octanol–water partition coefficient (Wildman–Crippen LogP) is 4.13. The molecule has 1 fully saturated rings. The van der Waals surface area contributed by atoms with E-state index in [2.05, 4.69) is 41.1 Å². The Morgan fingerprint density at radius 3 is 2.91 bits per heavy atom. The third-order valence-corrected chi connectivity index (χ3v) is 4.53. The van der Waals surface area contributed by atoms with Crippen LogP contribution in [0.15, 0.2) is 42.7 Å². The molecule has 2 aromatic rings. The van der Waals surface area contributed by atoms with Gasteiger partial charge in [0.05, 0.1) is 7.11 Å². The van der Waals surface area contributed by atoms with Gasteiger partial charge in [0.15, 0.2) is 0 Å². The molecule has 1 saturated heterocycles. The third kappa shape index (κ3) is 3.30. The Morgan fingerprint density at radius 1 is 1.27 bits per heavy atom. The van der Waals surface area contributed by atoms with E-state index in [-0.39, 0.29) is 0 Å². The molecular formula is C19H24N2O. The number of aryl methyl sites for hydroxylation is 1. The summed E-state index contributed by atoms with van der Waals surface area (Å²) in [6, 6.07) is 11.2. The second-order valence-electron chi connectivity index (χ2n) is 6.07. The van der Waals surface area contributed by atoms with E-state index in [1.165, 1.54) is 36.0 Å². The first-order valence-corrected chi connectivity index (χ1v) is 8.05. The molecule has 0 saturated carbocycles. The average Bonchev–Trinajstić information content (AvgIpc) is 2.56. The molecule has 3 heteroatoms. The Morgan fingerprint density at radius 2 is 2.18 bits per heavy atom. The second kappa shape index (κ2) is 6.93. The Bertz CT molecular complexity index is 612. The summed E-state index contributed by atoms with van der Waals surface area (Å²) in [7, 11) is 1.73. The van der Waals surface area contributed by atoms with Crippen molar-refractivity contribution < 1.29 is 4.74 Å². The Labute approximate surface area is 132 Å². The molecule has 0 aliphatic carbocycles. The van der Waals surface area contributed by atoms with Gasteiger partial charge in [-0.3, -0.25) is 9.88 Å². The number of pyridine rings is 1. The average molecular weight is 296 g/mol. The fourth-order valence-corrected chi connectivity index (χ4v) is 3.40. The third-order valence-electron chi connectivity index (χ3n) is 4.53. The van der Waals surface area contributed by atoms with E-state index in [1.807, 2.05) is 18.5 Å². The fourth-order valence-electron chi connectivity index (χ4n) is 3.40. The smallest absolute Gasteiger partial charge is 0.121 e. The molecule has 22 heavy (non-hydrogen) atoms. The number of methoxy groups -OCH3 is 1. The maximum absolute atomic E-state index is 5.36. The van der Waals surface area contributed by atoms with Crippen LogP contribution in [0.3, 0.4) is 0 Å². The van der Waals surface area contributed by atoms with Gasteiger partial charge in [-0.05, 0) is 55.1 Å². The molecule has 3 nitrogen and oxygen atoms in total. The number of ether oxygens (including phenoxy) is 1. The van der Waals surface area contributed by atoms with Crippen molar-refractivity contribution in [1.29, 1.82) is 0 Å². The van der Waals surface area contributed by atoms with Gasteiger partial charge in [0.25, 0.3) is 0 Å². The highest BCUT2D eigenvalue weighted by Crippen LogP contribution is 2.32. The van der Waals surface area contributed by atoms with Gasteiger partial charge in [0.2, 0.25) is 0 Å². The molecule has 3 rings (SSSR count). The minimum Gasteiger partial charge on any atom is -0.496 e. The van der Waals surface area contributed by atoms with Crippen molar-refractivity contribution >= 4 is 0 Å². The van der Waals surface area contributed by atoms with E-state index >= 15 is 0 Å². The minimum absolute atomic E-state index is 0.491. The van der Waals surface area contributed by atoms with Gasteiger partial charge in [0, 0.05) is 25.0 Å². The van der Waals surface area contributed by atoms with Gasteiger partial charge in [-0.2, -0.15) is 0 Å². The normalized spacial score (nSPS) is 19.1. The summed E-state index contributed by atoms with van der Waals surface area (Å²) in [5.41, 5.74) is 3.90. The number of hydrogen-bond acceptors (Lipinski definition) is 3. The van der Waals surface area contributed by atoms with Crippen molar-refractivity contribution in [3.05, 3.63) is 59.4 Å². The maximum Gasteiger partial charge on any atom is 0.121 e. The number of piperidine rings is 1. The summed E-state index contributed by atoms with van der Waals surface area (Å²) in [6.07, 6.45) is 7.68. The van der Waals surface area contributed by atoms with E-state index in [4.69, 9.17) is 4.74 Å². The molecule has 1 aliphatic rings. The molecule has 1 atom stereocenters. The van der Waals surface area contributed by atoms with Crippen LogP contribution < -0.4 is 4.74 Å². The lowest BCUT2D eigenvalue weighted by Crippen LogP contribution is -2.33. The predicted molar refractivity (Wildman–Crippen MR) is 89.0 cm³/mol. The second-order valence-corrected chi connectivity index (χ2v) is 6.07. The van der Waals surface area contributed by atoms with Gasteiger partial charge in [-0.1, -0.05) is 24.6 Å². The zero-order valence-corrected chi connectivity index (χ0v) is 13.5. The van der Waals surface area contributed by atoms with Gasteiger partial charge in [-0.15, -0.1) is 0 Å². The summed E-state index contributed by atoms with van der Waals surface area (Å²) in [5.74, 6) is 0.964. The van der Waals surface area contributed by atoms with Gasteiger partial charge >= 0.3 is 0 Å². The minimum atomic E-state index is 0.491. The van der Waals surface area contributed by atoms with Crippen molar-refractivity contribution in [3.63, 3.8) is 0 Å². The van der Waals surface area contributed by atoms with Crippen LogP contribution in [-0.4, -0.2) is 23.5 Å². The zero-order chi connectivity index (χ0) is 15.4. The molecule has 1 aliphatic heterocycles. The number of hydrogen-bond donors (Lipinski definition) is 0. The van der Waals surface area contributed by atoms with Gasteiger partial charge < -0.3 is 4.74 Å². The van der Waals surface area contributed by atoms with Gasteiger partial charge in [0.1, 0.15) is 5.75 Å². The van der Waals surface area contributed by atoms with Crippen molar-refractivity contribution in [2.75, 3.05) is 13.7 Å². The van der Waals surface area contributed by atoms with Gasteiger partial charge in [-0.25, -0.2) is 0 Å². The molecule has 116 valence electrons. The first kappa shape index (κ1) is 15.0. The molecule has 1 aromatic heterocycles. The Balaban J connectivity index is 1.78. The van der Waals surface area contributed by atoms with E-state index in [0.29, 0.717) is 6.04 Å². The monoisotopic (exact) mass is 296 g/mol. The first-order valence-electron chi connectivity index (χ1n) is 8.05. The van der Waals surface area contributed by atoms with Crippen LogP contribution >= 0.6 is 0 Å². The van der Waals surface area contributed by atoms with E-state index in [0.717, 1.165) is 18.8 Å². The fraction of sp³-hybridized carbons (Fsp3) is 0.421. The quantitative estimate of drug-likeness (QED) is 0.848. The highest BCUT2D eigenvalue weighted by molar-refractivity contribution is 5.36.